The fourth-order valence-electron chi connectivity index (χ4n) is 1.25. The number of pyridine rings is 1. The Labute approximate surface area is 112 Å². The molecule has 0 saturated carbocycles. The summed E-state index contributed by atoms with van der Waals surface area (Å²) in [5.41, 5.74) is 6.11. The first-order valence-corrected chi connectivity index (χ1v) is 7.47. The molecule has 8 heteroatoms. The van der Waals surface area contributed by atoms with Gasteiger partial charge in [0, 0.05) is 24.8 Å². The highest BCUT2D eigenvalue weighted by molar-refractivity contribution is 7.89. The van der Waals surface area contributed by atoms with Crippen molar-refractivity contribution in [3.63, 3.8) is 0 Å². The molecule has 0 fully saturated rings. The van der Waals surface area contributed by atoms with Crippen LogP contribution < -0.4 is 15.8 Å². The van der Waals surface area contributed by atoms with Crippen molar-refractivity contribution in [2.45, 2.75) is 6.92 Å². The Hall–Kier alpha value is -1.25. The minimum atomic E-state index is -3.20. The summed E-state index contributed by atoms with van der Waals surface area (Å²) in [5, 5.41) is 2.91. The standard InChI is InChI=1S/C10H16N4O2S2/c1-2-14-18(15,16)6-5-12-9-4-3-8(7-13-9)10(11)17/h3-4,7,14H,2,5-6H2,1H3,(H2,11,17)(H,12,13). The predicted molar refractivity (Wildman–Crippen MR) is 76.1 cm³/mol. The molecule has 0 amide bonds. The fraction of sp³-hybridized carbons (Fsp3) is 0.400. The van der Waals surface area contributed by atoms with Gasteiger partial charge in [0.05, 0.1) is 5.75 Å². The van der Waals surface area contributed by atoms with Gasteiger partial charge in [-0.25, -0.2) is 18.1 Å². The topological polar surface area (TPSA) is 97.1 Å². The van der Waals surface area contributed by atoms with Crippen molar-refractivity contribution < 1.29 is 8.42 Å². The number of thiocarbonyl (C=S) groups is 1. The van der Waals surface area contributed by atoms with Gasteiger partial charge >= 0.3 is 0 Å². The molecular weight excluding hydrogens is 272 g/mol. The smallest absolute Gasteiger partial charge is 0.213 e. The maximum absolute atomic E-state index is 11.4. The second kappa shape index (κ2) is 6.62. The molecule has 1 aromatic heterocycles. The summed E-state index contributed by atoms with van der Waals surface area (Å²) in [6, 6.07) is 3.44. The SMILES string of the molecule is CCNS(=O)(=O)CCNc1ccc(C(N)=S)cn1. The van der Waals surface area contributed by atoms with Crippen LogP contribution in [-0.2, 0) is 10.0 Å². The molecule has 100 valence electrons. The third kappa shape index (κ3) is 4.94. The first-order valence-electron chi connectivity index (χ1n) is 5.41. The Kier molecular flexibility index (Phi) is 5.45. The molecule has 18 heavy (non-hydrogen) atoms. The Bertz CT molecular complexity index is 499. The van der Waals surface area contributed by atoms with Crippen LogP contribution in [-0.4, -0.2) is 37.2 Å². The van der Waals surface area contributed by atoms with Gasteiger partial charge in [0.2, 0.25) is 10.0 Å². The van der Waals surface area contributed by atoms with E-state index in [9.17, 15) is 8.42 Å². The number of sulfonamides is 1. The van der Waals surface area contributed by atoms with E-state index in [0.29, 0.717) is 17.9 Å². The molecule has 0 spiro atoms. The number of hydrogen-bond donors (Lipinski definition) is 3. The number of anilines is 1. The average Bonchev–Trinajstić information content (AvgIpc) is 2.29. The van der Waals surface area contributed by atoms with Gasteiger partial charge in [-0.2, -0.15) is 0 Å². The number of nitrogens with zero attached hydrogens (tertiary/aromatic N) is 1. The largest absolute Gasteiger partial charge is 0.389 e. The molecule has 0 aliphatic heterocycles. The summed E-state index contributed by atoms with van der Waals surface area (Å²) in [7, 11) is -3.20. The first-order chi connectivity index (χ1) is 8.44. The second-order valence-corrected chi connectivity index (χ2v) is 5.91. The van der Waals surface area contributed by atoms with Gasteiger partial charge in [0.25, 0.3) is 0 Å². The lowest BCUT2D eigenvalue weighted by Crippen LogP contribution is -2.29. The van der Waals surface area contributed by atoms with Gasteiger partial charge in [0.15, 0.2) is 0 Å². The number of nitrogens with one attached hydrogen (secondary N) is 2. The van der Waals surface area contributed by atoms with Crippen molar-refractivity contribution in [2.75, 3.05) is 24.2 Å². The Morgan fingerprint density at radius 2 is 2.22 bits per heavy atom. The number of rotatable bonds is 7. The van der Waals surface area contributed by atoms with Crippen LogP contribution in [0.3, 0.4) is 0 Å². The van der Waals surface area contributed by atoms with Crippen molar-refractivity contribution in [3.8, 4) is 0 Å². The Balaban J connectivity index is 2.47. The molecule has 0 aliphatic rings. The normalized spacial score (nSPS) is 11.2. The lowest BCUT2D eigenvalue weighted by Gasteiger charge is -2.07. The van der Waals surface area contributed by atoms with Gasteiger partial charge < -0.3 is 11.1 Å². The monoisotopic (exact) mass is 288 g/mol. The van der Waals surface area contributed by atoms with Crippen LogP contribution in [0.5, 0.6) is 0 Å². The van der Waals surface area contributed by atoms with Gasteiger partial charge in [-0.1, -0.05) is 19.1 Å². The van der Waals surface area contributed by atoms with E-state index in [1.165, 1.54) is 0 Å². The second-order valence-electron chi connectivity index (χ2n) is 3.54. The van der Waals surface area contributed by atoms with Crippen LogP contribution in [0.25, 0.3) is 0 Å². The predicted octanol–water partition coefficient (Wildman–Crippen LogP) is 0.0670. The van der Waals surface area contributed by atoms with E-state index < -0.39 is 10.0 Å². The third-order valence-corrected chi connectivity index (χ3v) is 3.79. The highest BCUT2D eigenvalue weighted by Gasteiger charge is 2.07. The average molecular weight is 288 g/mol. The summed E-state index contributed by atoms with van der Waals surface area (Å²) in [5.74, 6) is 0.584. The minimum Gasteiger partial charge on any atom is -0.389 e. The van der Waals surface area contributed by atoms with E-state index >= 15 is 0 Å². The maximum atomic E-state index is 11.4. The summed E-state index contributed by atoms with van der Waals surface area (Å²) in [6.07, 6.45) is 1.55. The fourth-order valence-corrected chi connectivity index (χ4v) is 2.33. The molecule has 1 heterocycles. The number of hydrogen-bond acceptors (Lipinski definition) is 5. The zero-order valence-corrected chi connectivity index (χ0v) is 11.6. The zero-order valence-electron chi connectivity index (χ0n) is 10.0. The van der Waals surface area contributed by atoms with Crippen LogP contribution >= 0.6 is 12.2 Å². The van der Waals surface area contributed by atoms with Crippen molar-refractivity contribution >= 4 is 33.0 Å². The van der Waals surface area contributed by atoms with Crippen LogP contribution in [0, 0.1) is 0 Å². The lowest BCUT2D eigenvalue weighted by molar-refractivity contribution is 0.584. The van der Waals surface area contributed by atoms with Crippen LogP contribution in [0.15, 0.2) is 18.3 Å². The van der Waals surface area contributed by atoms with E-state index in [-0.39, 0.29) is 17.3 Å². The molecule has 1 rings (SSSR count). The summed E-state index contributed by atoms with van der Waals surface area (Å²) < 4.78 is 25.1. The molecule has 4 N–H and O–H groups in total. The molecule has 0 aromatic carbocycles. The van der Waals surface area contributed by atoms with Crippen molar-refractivity contribution in [3.05, 3.63) is 23.9 Å². The van der Waals surface area contributed by atoms with E-state index in [2.05, 4.69) is 15.0 Å². The molecule has 0 unspecified atom stereocenters. The molecule has 0 bridgehead atoms. The highest BCUT2D eigenvalue weighted by atomic mass is 32.2. The maximum Gasteiger partial charge on any atom is 0.213 e. The highest BCUT2D eigenvalue weighted by Crippen LogP contribution is 2.04. The van der Waals surface area contributed by atoms with E-state index in [0.717, 1.165) is 0 Å². The molecular formula is C10H16N4O2S2. The van der Waals surface area contributed by atoms with Gasteiger partial charge in [0.1, 0.15) is 10.8 Å². The van der Waals surface area contributed by atoms with Crippen molar-refractivity contribution in [2.24, 2.45) is 5.73 Å². The van der Waals surface area contributed by atoms with Gasteiger partial charge in [-0.3, -0.25) is 0 Å². The van der Waals surface area contributed by atoms with E-state index in [1.54, 1.807) is 25.3 Å². The van der Waals surface area contributed by atoms with Crippen LogP contribution in [0.2, 0.25) is 0 Å². The Morgan fingerprint density at radius 3 is 2.72 bits per heavy atom. The molecule has 0 saturated heterocycles. The lowest BCUT2D eigenvalue weighted by atomic mass is 10.3. The summed E-state index contributed by atoms with van der Waals surface area (Å²) >= 11 is 4.80. The quantitative estimate of drug-likeness (QED) is 0.614. The molecule has 1 aromatic rings. The third-order valence-electron chi connectivity index (χ3n) is 2.09. The minimum absolute atomic E-state index is 0.000424. The van der Waals surface area contributed by atoms with Gasteiger partial charge in [-0.05, 0) is 12.1 Å². The molecule has 0 radical (unpaired) electrons. The van der Waals surface area contributed by atoms with Crippen molar-refractivity contribution in [1.82, 2.24) is 9.71 Å². The van der Waals surface area contributed by atoms with Crippen molar-refractivity contribution in [1.29, 1.82) is 0 Å². The molecule has 0 atom stereocenters. The number of aromatic nitrogens is 1. The first kappa shape index (κ1) is 14.8. The van der Waals surface area contributed by atoms with E-state index in [1.807, 2.05) is 0 Å². The van der Waals surface area contributed by atoms with Crippen LogP contribution in [0.4, 0.5) is 5.82 Å². The van der Waals surface area contributed by atoms with Gasteiger partial charge in [-0.15, -0.1) is 0 Å². The number of nitrogens with two attached hydrogens (primary N) is 1. The Morgan fingerprint density at radius 1 is 1.50 bits per heavy atom. The summed E-state index contributed by atoms with van der Waals surface area (Å²) in [4.78, 5) is 4.35. The molecule has 6 nitrogen and oxygen atoms in total. The van der Waals surface area contributed by atoms with Crippen LogP contribution in [0.1, 0.15) is 12.5 Å². The zero-order chi connectivity index (χ0) is 13.6. The summed E-state index contributed by atoms with van der Waals surface area (Å²) in [6.45, 7) is 2.42. The molecule has 0 aliphatic carbocycles. The van der Waals surface area contributed by atoms with E-state index in [4.69, 9.17) is 18.0 Å².